The number of carbonyl (C=O) groups is 1. The van der Waals surface area contributed by atoms with Gasteiger partial charge >= 0.3 is 0 Å². The van der Waals surface area contributed by atoms with Gasteiger partial charge in [-0.3, -0.25) is 4.79 Å². The maximum Gasteiger partial charge on any atom is 0.256 e. The Labute approximate surface area is 127 Å². The fourth-order valence-corrected chi connectivity index (χ4v) is 2.61. The molecule has 21 heavy (non-hydrogen) atoms. The SMILES string of the molecule is Cc1c(C=C2C(=O)Nc3cc(Cl)ccc32)cc(C#N)n1C. The van der Waals surface area contributed by atoms with Gasteiger partial charge in [-0.15, -0.1) is 0 Å². The molecule has 0 aliphatic carbocycles. The van der Waals surface area contributed by atoms with E-state index in [1.165, 1.54) is 0 Å². The normalized spacial score (nSPS) is 15.0. The van der Waals surface area contributed by atoms with Crippen molar-refractivity contribution in [2.45, 2.75) is 6.92 Å². The molecule has 0 atom stereocenters. The van der Waals surface area contributed by atoms with Crippen molar-refractivity contribution in [1.82, 2.24) is 4.57 Å². The van der Waals surface area contributed by atoms with Crippen molar-refractivity contribution >= 4 is 34.8 Å². The lowest BCUT2D eigenvalue weighted by Crippen LogP contribution is -2.03. The van der Waals surface area contributed by atoms with Crippen LogP contribution in [-0.4, -0.2) is 10.5 Å². The first-order valence-corrected chi connectivity index (χ1v) is 6.78. The summed E-state index contributed by atoms with van der Waals surface area (Å²) < 4.78 is 1.81. The molecule has 1 N–H and O–H groups in total. The van der Waals surface area contributed by atoms with Crippen molar-refractivity contribution in [1.29, 1.82) is 5.26 Å². The van der Waals surface area contributed by atoms with Crippen LogP contribution in [0.3, 0.4) is 0 Å². The Bertz CT molecular complexity index is 840. The van der Waals surface area contributed by atoms with E-state index in [-0.39, 0.29) is 5.91 Å². The van der Waals surface area contributed by atoms with E-state index >= 15 is 0 Å². The molecule has 1 aromatic carbocycles. The first-order chi connectivity index (χ1) is 10.0. The van der Waals surface area contributed by atoms with Crippen LogP contribution in [0.25, 0.3) is 11.6 Å². The zero-order valence-corrected chi connectivity index (χ0v) is 12.3. The molecule has 104 valence electrons. The molecule has 0 bridgehead atoms. The minimum Gasteiger partial charge on any atom is -0.339 e. The lowest BCUT2D eigenvalue weighted by molar-refractivity contribution is -0.110. The average Bonchev–Trinajstić information content (AvgIpc) is 2.90. The molecule has 0 radical (unpaired) electrons. The first kappa shape index (κ1) is 13.5. The number of amides is 1. The van der Waals surface area contributed by atoms with Gasteiger partial charge in [0.25, 0.3) is 5.91 Å². The van der Waals surface area contributed by atoms with E-state index in [1.807, 2.05) is 30.7 Å². The standard InChI is InChI=1S/C16H12ClN3O/c1-9-10(5-12(8-18)20(9)2)6-14-13-4-3-11(17)7-15(13)19-16(14)21/h3-7H,1-2H3,(H,19,21). The first-order valence-electron chi connectivity index (χ1n) is 6.40. The highest BCUT2D eigenvalue weighted by atomic mass is 35.5. The smallest absolute Gasteiger partial charge is 0.256 e. The summed E-state index contributed by atoms with van der Waals surface area (Å²) in [5.41, 5.74) is 4.49. The highest BCUT2D eigenvalue weighted by Crippen LogP contribution is 2.35. The molecule has 0 saturated carbocycles. The van der Waals surface area contributed by atoms with Crippen LogP contribution in [0.4, 0.5) is 5.69 Å². The number of fused-ring (bicyclic) bond motifs is 1. The van der Waals surface area contributed by atoms with E-state index in [0.29, 0.717) is 22.0 Å². The van der Waals surface area contributed by atoms with Crippen LogP contribution < -0.4 is 5.32 Å². The number of nitriles is 1. The summed E-state index contributed by atoms with van der Waals surface area (Å²) in [6.45, 7) is 1.92. The van der Waals surface area contributed by atoms with Crippen LogP contribution in [0, 0.1) is 18.3 Å². The molecule has 1 amide bonds. The number of hydrogen-bond donors (Lipinski definition) is 1. The average molecular weight is 298 g/mol. The Balaban J connectivity index is 2.14. The minimum atomic E-state index is -0.158. The number of aromatic nitrogens is 1. The maximum atomic E-state index is 12.1. The van der Waals surface area contributed by atoms with Gasteiger partial charge in [-0.1, -0.05) is 17.7 Å². The van der Waals surface area contributed by atoms with Gasteiger partial charge in [-0.2, -0.15) is 5.26 Å². The Hall–Kier alpha value is -2.51. The molecule has 0 spiro atoms. The number of rotatable bonds is 1. The monoisotopic (exact) mass is 297 g/mol. The van der Waals surface area contributed by atoms with Crippen molar-refractivity contribution in [3.8, 4) is 6.07 Å². The number of carbonyl (C=O) groups excluding carboxylic acids is 1. The van der Waals surface area contributed by atoms with Crippen LogP contribution in [0.1, 0.15) is 22.5 Å². The number of halogens is 1. The highest BCUT2D eigenvalue weighted by molar-refractivity contribution is 6.36. The lowest BCUT2D eigenvalue weighted by atomic mass is 10.0. The molecule has 0 saturated heterocycles. The second-order valence-corrected chi connectivity index (χ2v) is 5.38. The Morgan fingerprint density at radius 2 is 2.14 bits per heavy atom. The van der Waals surface area contributed by atoms with Gasteiger partial charge in [-0.05, 0) is 36.8 Å². The third-order valence-electron chi connectivity index (χ3n) is 3.75. The van der Waals surface area contributed by atoms with E-state index in [0.717, 1.165) is 16.8 Å². The minimum absolute atomic E-state index is 0.158. The van der Waals surface area contributed by atoms with Crippen LogP contribution in [-0.2, 0) is 11.8 Å². The van der Waals surface area contributed by atoms with Crippen LogP contribution in [0.5, 0.6) is 0 Å². The Morgan fingerprint density at radius 3 is 2.81 bits per heavy atom. The molecule has 3 rings (SSSR count). The molecule has 1 aliphatic heterocycles. The van der Waals surface area contributed by atoms with Crippen molar-refractivity contribution in [2.24, 2.45) is 7.05 Å². The van der Waals surface area contributed by atoms with Gasteiger partial charge in [-0.25, -0.2) is 0 Å². The molecular weight excluding hydrogens is 286 g/mol. The van der Waals surface area contributed by atoms with Crippen molar-refractivity contribution in [3.05, 3.63) is 51.8 Å². The topological polar surface area (TPSA) is 57.8 Å². The predicted molar refractivity (Wildman–Crippen MR) is 82.8 cm³/mol. The molecular formula is C16H12ClN3O. The summed E-state index contributed by atoms with van der Waals surface area (Å²) in [6.07, 6.45) is 1.81. The Morgan fingerprint density at radius 1 is 1.38 bits per heavy atom. The van der Waals surface area contributed by atoms with Gasteiger partial charge in [0.15, 0.2) is 0 Å². The molecule has 5 heteroatoms. The highest BCUT2D eigenvalue weighted by Gasteiger charge is 2.24. The van der Waals surface area contributed by atoms with Gasteiger partial charge in [0.05, 0.1) is 5.69 Å². The van der Waals surface area contributed by atoms with Gasteiger partial charge in [0.2, 0.25) is 0 Å². The summed E-state index contributed by atoms with van der Waals surface area (Å²) in [5, 5.41) is 12.5. The summed E-state index contributed by atoms with van der Waals surface area (Å²) in [7, 11) is 1.83. The van der Waals surface area contributed by atoms with Crippen LogP contribution in [0.2, 0.25) is 5.02 Å². The van der Waals surface area contributed by atoms with E-state index < -0.39 is 0 Å². The zero-order valence-electron chi connectivity index (χ0n) is 11.6. The molecule has 0 unspecified atom stereocenters. The Kier molecular flexibility index (Phi) is 3.08. The third-order valence-corrected chi connectivity index (χ3v) is 3.99. The van der Waals surface area contributed by atoms with E-state index in [4.69, 9.17) is 16.9 Å². The summed E-state index contributed by atoms with van der Waals surface area (Å²) in [5.74, 6) is -0.158. The molecule has 0 fully saturated rings. The second kappa shape index (κ2) is 4.80. The molecule has 1 aliphatic rings. The number of hydrogen-bond acceptors (Lipinski definition) is 2. The molecule has 2 heterocycles. The number of benzene rings is 1. The van der Waals surface area contributed by atoms with Crippen LogP contribution in [0.15, 0.2) is 24.3 Å². The largest absolute Gasteiger partial charge is 0.339 e. The summed E-state index contributed by atoms with van der Waals surface area (Å²) >= 11 is 5.94. The van der Waals surface area contributed by atoms with Crippen molar-refractivity contribution in [2.75, 3.05) is 5.32 Å². The quantitative estimate of drug-likeness (QED) is 0.821. The van der Waals surface area contributed by atoms with Gasteiger partial charge in [0.1, 0.15) is 11.8 Å². The van der Waals surface area contributed by atoms with Crippen LogP contribution >= 0.6 is 11.6 Å². The number of anilines is 1. The van der Waals surface area contributed by atoms with Crippen molar-refractivity contribution < 1.29 is 4.79 Å². The van der Waals surface area contributed by atoms with Gasteiger partial charge in [0, 0.05) is 28.9 Å². The molecule has 4 nitrogen and oxygen atoms in total. The number of nitrogens with one attached hydrogen (secondary N) is 1. The lowest BCUT2D eigenvalue weighted by Gasteiger charge is -2.00. The second-order valence-electron chi connectivity index (χ2n) is 4.94. The molecule has 1 aromatic heterocycles. The van der Waals surface area contributed by atoms with E-state index in [2.05, 4.69) is 11.4 Å². The summed E-state index contributed by atoms with van der Waals surface area (Å²) in [6, 6.07) is 9.23. The maximum absolute atomic E-state index is 12.1. The number of nitrogens with zero attached hydrogens (tertiary/aromatic N) is 2. The third kappa shape index (κ3) is 2.12. The van der Waals surface area contributed by atoms with Gasteiger partial charge < -0.3 is 9.88 Å². The predicted octanol–water partition coefficient (Wildman–Crippen LogP) is 3.35. The van der Waals surface area contributed by atoms with E-state index in [1.54, 1.807) is 18.2 Å². The zero-order chi connectivity index (χ0) is 15.1. The fourth-order valence-electron chi connectivity index (χ4n) is 2.44. The summed E-state index contributed by atoms with van der Waals surface area (Å²) in [4.78, 5) is 12.1. The molecule has 2 aromatic rings. The van der Waals surface area contributed by atoms with Crippen molar-refractivity contribution in [3.63, 3.8) is 0 Å². The fraction of sp³-hybridized carbons (Fsp3) is 0.125. The van der Waals surface area contributed by atoms with E-state index in [9.17, 15) is 4.79 Å².